The minimum Gasteiger partial charge on any atom is -0.480 e. The minimum absolute atomic E-state index is 0.341. The molecular formula is C34H48N2O4S. The van der Waals surface area contributed by atoms with Crippen LogP contribution in [-0.2, 0) is 16.1 Å². The highest BCUT2D eigenvalue weighted by atomic mass is 32.2. The molecule has 1 saturated heterocycles. The number of carboxylic acids is 1. The van der Waals surface area contributed by atoms with Crippen LogP contribution in [0.2, 0.25) is 0 Å². The van der Waals surface area contributed by atoms with Crippen molar-refractivity contribution in [3.8, 4) is 11.1 Å². The van der Waals surface area contributed by atoms with Gasteiger partial charge in [0.15, 0.2) is 0 Å². The molecule has 2 aromatic carbocycles. The largest absolute Gasteiger partial charge is 0.480 e. The Labute approximate surface area is 250 Å². The summed E-state index contributed by atoms with van der Waals surface area (Å²) in [6.07, 6.45) is 13.7. The van der Waals surface area contributed by atoms with Crippen molar-refractivity contribution >= 4 is 23.6 Å². The first-order valence-corrected chi connectivity index (χ1v) is 16.9. The number of nitrogens with zero attached hydrogens (tertiary/aromatic N) is 1. The van der Waals surface area contributed by atoms with Crippen molar-refractivity contribution in [3.05, 3.63) is 59.2 Å². The van der Waals surface area contributed by atoms with E-state index < -0.39 is 12.0 Å². The number of hydrogen-bond acceptors (Lipinski definition) is 5. The summed E-state index contributed by atoms with van der Waals surface area (Å²) >= 11 is 1.58. The van der Waals surface area contributed by atoms with Crippen molar-refractivity contribution in [2.45, 2.75) is 109 Å². The molecule has 4 rings (SSSR count). The number of carboxylic acid groups (broad SMARTS) is 1. The second-order valence-electron chi connectivity index (χ2n) is 11.8. The van der Waals surface area contributed by atoms with Gasteiger partial charge in [-0.15, -0.1) is 0 Å². The Bertz CT molecular complexity index is 1150. The molecule has 3 unspecified atom stereocenters. The van der Waals surface area contributed by atoms with Gasteiger partial charge in [-0.25, -0.2) is 4.79 Å². The lowest BCUT2D eigenvalue weighted by Crippen LogP contribution is -2.41. The summed E-state index contributed by atoms with van der Waals surface area (Å²) in [7, 11) is 0. The van der Waals surface area contributed by atoms with Gasteiger partial charge in [0.25, 0.3) is 5.91 Å². The molecule has 41 heavy (non-hydrogen) atoms. The number of carbonyl (C=O) groups excluding carboxylic acids is 1. The summed E-state index contributed by atoms with van der Waals surface area (Å²) < 4.78 is 6.46. The SMILES string of the molecule is CCCC1CCC(COC2CCCCC2)N1Cc1ccc(C(=O)NC(CCSC)C(=O)O)c(-c2ccccc2C)c1. The van der Waals surface area contributed by atoms with Crippen LogP contribution in [0.25, 0.3) is 11.1 Å². The maximum Gasteiger partial charge on any atom is 0.326 e. The van der Waals surface area contributed by atoms with E-state index >= 15 is 0 Å². The Balaban J connectivity index is 1.59. The third-order valence-electron chi connectivity index (χ3n) is 8.81. The Morgan fingerprint density at radius 2 is 1.80 bits per heavy atom. The van der Waals surface area contributed by atoms with Crippen molar-refractivity contribution in [2.75, 3.05) is 18.6 Å². The van der Waals surface area contributed by atoms with Crippen LogP contribution < -0.4 is 5.32 Å². The predicted octanol–water partition coefficient (Wildman–Crippen LogP) is 7.08. The van der Waals surface area contributed by atoms with E-state index in [2.05, 4.69) is 42.3 Å². The number of ether oxygens (including phenoxy) is 1. The average Bonchev–Trinajstić information content (AvgIpc) is 3.35. The van der Waals surface area contributed by atoms with Gasteiger partial charge in [-0.3, -0.25) is 9.69 Å². The van der Waals surface area contributed by atoms with Crippen LogP contribution in [0.15, 0.2) is 42.5 Å². The predicted molar refractivity (Wildman–Crippen MR) is 169 cm³/mol. The van der Waals surface area contributed by atoms with Gasteiger partial charge in [-0.1, -0.05) is 62.9 Å². The van der Waals surface area contributed by atoms with Crippen molar-refractivity contribution < 1.29 is 19.4 Å². The second-order valence-corrected chi connectivity index (χ2v) is 12.8. The summed E-state index contributed by atoms with van der Waals surface area (Å²) in [5, 5.41) is 12.5. The van der Waals surface area contributed by atoms with Crippen LogP contribution in [-0.4, -0.2) is 64.7 Å². The van der Waals surface area contributed by atoms with E-state index in [0.29, 0.717) is 35.9 Å². The number of aryl methyl sites for hydroxylation is 1. The van der Waals surface area contributed by atoms with Gasteiger partial charge in [0, 0.05) is 24.2 Å². The molecule has 224 valence electrons. The molecule has 1 aliphatic heterocycles. The van der Waals surface area contributed by atoms with E-state index in [4.69, 9.17) is 4.74 Å². The monoisotopic (exact) mass is 580 g/mol. The highest BCUT2D eigenvalue weighted by Crippen LogP contribution is 2.33. The lowest BCUT2D eigenvalue weighted by Gasteiger charge is -2.32. The molecule has 2 N–H and O–H groups in total. The maximum atomic E-state index is 13.5. The standard InChI is InChI=1S/C34H48N2O4S/c1-4-10-26-16-17-27(23-40-28-12-6-5-7-13-28)36(26)22-25-15-18-30(31(21-25)29-14-9-8-11-24(29)2)33(37)35-32(34(38)39)19-20-41-3/h8-9,11,14-15,18,21,26-28,32H,4-7,10,12-13,16-17,19-20,22-23H2,1-3H3,(H,35,37)(H,38,39). The number of rotatable bonds is 14. The summed E-state index contributed by atoms with van der Waals surface area (Å²) in [5.74, 6) is -0.674. The van der Waals surface area contributed by atoms with Gasteiger partial charge in [-0.05, 0) is 91.8 Å². The average molecular weight is 581 g/mol. The van der Waals surface area contributed by atoms with Gasteiger partial charge < -0.3 is 15.2 Å². The molecule has 6 nitrogen and oxygen atoms in total. The fourth-order valence-corrected chi connectivity index (χ4v) is 6.97. The van der Waals surface area contributed by atoms with Gasteiger partial charge in [0.1, 0.15) is 6.04 Å². The zero-order chi connectivity index (χ0) is 29.2. The number of nitrogens with one attached hydrogen (secondary N) is 1. The van der Waals surface area contributed by atoms with Crippen LogP contribution in [0, 0.1) is 6.92 Å². The molecule has 7 heteroatoms. The zero-order valence-electron chi connectivity index (χ0n) is 25.1. The number of carbonyl (C=O) groups is 2. The van der Waals surface area contributed by atoms with Crippen molar-refractivity contribution in [3.63, 3.8) is 0 Å². The molecule has 0 spiro atoms. The van der Waals surface area contributed by atoms with E-state index in [1.54, 1.807) is 11.8 Å². The normalized spacial score (nSPS) is 20.7. The summed E-state index contributed by atoms with van der Waals surface area (Å²) in [5.41, 5.74) is 4.62. The summed E-state index contributed by atoms with van der Waals surface area (Å²) in [4.78, 5) is 28.0. The highest BCUT2D eigenvalue weighted by Gasteiger charge is 2.34. The number of benzene rings is 2. The summed E-state index contributed by atoms with van der Waals surface area (Å²) in [6.45, 7) is 5.92. The van der Waals surface area contributed by atoms with E-state index in [9.17, 15) is 14.7 Å². The fraction of sp³-hybridized carbons (Fsp3) is 0.588. The Hall–Kier alpha value is -2.35. The van der Waals surface area contributed by atoms with Crippen LogP contribution in [0.1, 0.15) is 92.6 Å². The smallest absolute Gasteiger partial charge is 0.326 e. The molecule has 1 saturated carbocycles. The number of hydrogen-bond donors (Lipinski definition) is 2. The van der Waals surface area contributed by atoms with Gasteiger partial charge in [-0.2, -0.15) is 11.8 Å². The maximum absolute atomic E-state index is 13.5. The zero-order valence-corrected chi connectivity index (χ0v) is 25.9. The molecule has 2 aromatic rings. The number of likely N-dealkylation sites (tertiary alicyclic amines) is 1. The van der Waals surface area contributed by atoms with Gasteiger partial charge >= 0.3 is 5.97 Å². The quantitative estimate of drug-likeness (QED) is 0.249. The molecule has 0 aromatic heterocycles. The highest BCUT2D eigenvalue weighted by molar-refractivity contribution is 7.98. The van der Waals surface area contributed by atoms with E-state index in [1.807, 2.05) is 30.5 Å². The Morgan fingerprint density at radius 3 is 2.51 bits per heavy atom. The fourth-order valence-electron chi connectivity index (χ4n) is 6.50. The van der Waals surface area contributed by atoms with Crippen LogP contribution in [0.4, 0.5) is 0 Å². The van der Waals surface area contributed by atoms with E-state index in [0.717, 1.165) is 42.7 Å². The van der Waals surface area contributed by atoms with Crippen LogP contribution >= 0.6 is 11.8 Å². The number of amides is 1. The third-order valence-corrected chi connectivity index (χ3v) is 9.46. The molecule has 2 aliphatic rings. The molecule has 1 aliphatic carbocycles. The first-order chi connectivity index (χ1) is 19.9. The van der Waals surface area contributed by atoms with Crippen molar-refractivity contribution in [1.82, 2.24) is 10.2 Å². The van der Waals surface area contributed by atoms with E-state index in [-0.39, 0.29) is 5.91 Å². The van der Waals surface area contributed by atoms with Crippen molar-refractivity contribution in [2.24, 2.45) is 0 Å². The molecule has 1 heterocycles. The molecule has 2 fully saturated rings. The van der Waals surface area contributed by atoms with Crippen LogP contribution in [0.3, 0.4) is 0 Å². The summed E-state index contributed by atoms with van der Waals surface area (Å²) in [6, 6.07) is 14.2. The Morgan fingerprint density at radius 1 is 1.05 bits per heavy atom. The first kappa shape index (κ1) is 31.6. The molecule has 1 amide bonds. The van der Waals surface area contributed by atoms with Gasteiger partial charge in [0.05, 0.1) is 12.7 Å². The molecule has 3 atom stereocenters. The third kappa shape index (κ3) is 8.59. The topological polar surface area (TPSA) is 78.9 Å². The number of aliphatic carboxylic acids is 1. The molecule has 0 radical (unpaired) electrons. The van der Waals surface area contributed by atoms with Crippen LogP contribution in [0.5, 0.6) is 0 Å². The van der Waals surface area contributed by atoms with E-state index in [1.165, 1.54) is 50.5 Å². The second kappa shape index (κ2) is 15.8. The van der Waals surface area contributed by atoms with Gasteiger partial charge in [0.2, 0.25) is 0 Å². The minimum atomic E-state index is -1.00. The molecule has 0 bridgehead atoms. The lowest BCUT2D eigenvalue weighted by atomic mass is 9.93. The molecular weight excluding hydrogens is 532 g/mol. The lowest BCUT2D eigenvalue weighted by molar-refractivity contribution is -0.139. The first-order valence-electron chi connectivity index (χ1n) is 15.5. The Kier molecular flexibility index (Phi) is 12.1. The van der Waals surface area contributed by atoms with Crippen molar-refractivity contribution in [1.29, 1.82) is 0 Å². The number of thioether (sulfide) groups is 1.